The average Bonchev–Trinajstić information content (AvgIpc) is 2.68. The average molecular weight is 406 g/mol. The number of anilines is 2. The zero-order valence-corrected chi connectivity index (χ0v) is 16.8. The number of nitrogens with one attached hydrogen (secondary N) is 1. The van der Waals surface area contributed by atoms with E-state index in [0.717, 1.165) is 32.4 Å². The van der Waals surface area contributed by atoms with Gasteiger partial charge in [-0.1, -0.05) is 18.2 Å². The van der Waals surface area contributed by atoms with Gasteiger partial charge < -0.3 is 14.7 Å². The normalized spacial score (nSPS) is 16.6. The Kier molecular flexibility index (Phi) is 6.77. The highest BCUT2D eigenvalue weighted by atomic mass is 32.2. The van der Waals surface area contributed by atoms with Crippen molar-refractivity contribution in [3.05, 3.63) is 54.6 Å². The van der Waals surface area contributed by atoms with Crippen molar-refractivity contribution in [2.75, 3.05) is 55.2 Å². The van der Waals surface area contributed by atoms with E-state index in [-0.39, 0.29) is 6.61 Å². The molecule has 0 spiro atoms. The van der Waals surface area contributed by atoms with Crippen LogP contribution in [0.1, 0.15) is 0 Å². The van der Waals surface area contributed by atoms with Crippen LogP contribution in [0.25, 0.3) is 0 Å². The van der Waals surface area contributed by atoms with Gasteiger partial charge in [0, 0.05) is 44.1 Å². The summed E-state index contributed by atoms with van der Waals surface area (Å²) < 4.78 is 30.4. The monoisotopic (exact) mass is 405 g/mol. The number of aliphatic hydroxyl groups is 1. The van der Waals surface area contributed by atoms with Crippen LogP contribution in [0.2, 0.25) is 0 Å². The molecule has 7 nitrogen and oxygen atoms in total. The molecule has 152 valence electrons. The first-order chi connectivity index (χ1) is 13.4. The Morgan fingerprint density at radius 3 is 2.29 bits per heavy atom. The number of para-hydroxylation sites is 1. The van der Waals surface area contributed by atoms with Crippen LogP contribution >= 0.6 is 0 Å². The highest BCUT2D eigenvalue weighted by molar-refractivity contribution is 7.92. The SMILES string of the molecule is CS(=O)(=O)Nc1ccc(OCC(O)CN2CCN(c3ccccc3)CC2)cc1. The van der Waals surface area contributed by atoms with Gasteiger partial charge in [0.05, 0.1) is 6.26 Å². The lowest BCUT2D eigenvalue weighted by molar-refractivity contribution is 0.0663. The van der Waals surface area contributed by atoms with Gasteiger partial charge in [-0.3, -0.25) is 9.62 Å². The first-order valence-corrected chi connectivity index (χ1v) is 11.2. The number of nitrogens with zero attached hydrogens (tertiary/aromatic N) is 2. The third kappa shape index (κ3) is 6.40. The van der Waals surface area contributed by atoms with Gasteiger partial charge in [0.1, 0.15) is 18.5 Å². The van der Waals surface area contributed by atoms with E-state index >= 15 is 0 Å². The summed E-state index contributed by atoms with van der Waals surface area (Å²) in [5.74, 6) is 0.590. The van der Waals surface area contributed by atoms with Crippen molar-refractivity contribution < 1.29 is 18.3 Å². The Morgan fingerprint density at radius 2 is 1.68 bits per heavy atom. The summed E-state index contributed by atoms with van der Waals surface area (Å²) in [5.41, 5.74) is 1.71. The van der Waals surface area contributed by atoms with Gasteiger partial charge in [-0.2, -0.15) is 0 Å². The largest absolute Gasteiger partial charge is 0.491 e. The molecule has 8 heteroatoms. The molecule has 2 N–H and O–H groups in total. The predicted molar refractivity (Wildman–Crippen MR) is 112 cm³/mol. The molecule has 3 rings (SSSR count). The fourth-order valence-corrected chi connectivity index (χ4v) is 3.77. The van der Waals surface area contributed by atoms with Crippen molar-refractivity contribution >= 4 is 21.4 Å². The standard InChI is InChI=1S/C20H27N3O4S/c1-28(25,26)21-17-7-9-20(10-8-17)27-16-19(24)15-22-11-13-23(14-12-22)18-5-3-2-4-6-18/h2-10,19,21,24H,11-16H2,1H3. The second-order valence-electron chi connectivity index (χ2n) is 6.99. The molecule has 0 saturated carbocycles. The smallest absolute Gasteiger partial charge is 0.229 e. The first kappa shape index (κ1) is 20.4. The summed E-state index contributed by atoms with van der Waals surface area (Å²) in [6, 6.07) is 17.0. The van der Waals surface area contributed by atoms with Crippen LogP contribution in [0.15, 0.2) is 54.6 Å². The quantitative estimate of drug-likeness (QED) is 0.695. The molecule has 1 unspecified atom stereocenters. The number of aliphatic hydroxyl groups excluding tert-OH is 1. The topological polar surface area (TPSA) is 82.1 Å². The molecule has 1 aliphatic rings. The van der Waals surface area contributed by atoms with Crippen molar-refractivity contribution in [3.8, 4) is 5.75 Å². The number of rotatable bonds is 8. The maximum absolute atomic E-state index is 11.2. The van der Waals surface area contributed by atoms with Crippen molar-refractivity contribution in [3.63, 3.8) is 0 Å². The van der Waals surface area contributed by atoms with Crippen LogP contribution in [0.4, 0.5) is 11.4 Å². The fourth-order valence-electron chi connectivity index (χ4n) is 3.20. The number of β-amino-alcohol motifs (C(OH)–C–C–N with tert-alkyl or cyclic N) is 1. The molecule has 2 aromatic rings. The highest BCUT2D eigenvalue weighted by Crippen LogP contribution is 2.18. The van der Waals surface area contributed by atoms with E-state index < -0.39 is 16.1 Å². The Morgan fingerprint density at radius 1 is 1.04 bits per heavy atom. The lowest BCUT2D eigenvalue weighted by atomic mass is 10.2. The summed E-state index contributed by atoms with van der Waals surface area (Å²) >= 11 is 0. The minimum absolute atomic E-state index is 0.192. The maximum atomic E-state index is 11.2. The van der Waals surface area contributed by atoms with Crippen molar-refractivity contribution in [1.82, 2.24) is 4.90 Å². The molecular formula is C20H27N3O4S. The summed E-state index contributed by atoms with van der Waals surface area (Å²) in [4.78, 5) is 4.60. The molecule has 1 atom stereocenters. The molecule has 1 saturated heterocycles. The summed E-state index contributed by atoms with van der Waals surface area (Å²) in [7, 11) is -3.29. The van der Waals surface area contributed by atoms with E-state index in [0.29, 0.717) is 18.0 Å². The Hall–Kier alpha value is -2.29. The van der Waals surface area contributed by atoms with E-state index in [1.54, 1.807) is 24.3 Å². The number of ether oxygens (including phenoxy) is 1. The molecule has 0 radical (unpaired) electrons. The second-order valence-corrected chi connectivity index (χ2v) is 8.74. The Bertz CT molecular complexity index is 836. The van der Waals surface area contributed by atoms with E-state index in [2.05, 4.69) is 26.7 Å². The van der Waals surface area contributed by atoms with Crippen LogP contribution in [0, 0.1) is 0 Å². The summed E-state index contributed by atoms with van der Waals surface area (Å²) in [5, 5.41) is 10.3. The first-order valence-electron chi connectivity index (χ1n) is 9.30. The number of hydrogen-bond acceptors (Lipinski definition) is 6. The zero-order chi connectivity index (χ0) is 20.0. The Labute approximate surface area is 166 Å². The molecule has 2 aromatic carbocycles. The van der Waals surface area contributed by atoms with E-state index in [1.807, 2.05) is 18.2 Å². The lowest BCUT2D eigenvalue weighted by Gasteiger charge is -2.36. The molecule has 1 fully saturated rings. The van der Waals surface area contributed by atoms with Crippen LogP contribution in [-0.4, -0.2) is 70.1 Å². The molecule has 0 amide bonds. The van der Waals surface area contributed by atoms with Crippen LogP contribution in [0.3, 0.4) is 0 Å². The molecule has 1 heterocycles. The highest BCUT2D eigenvalue weighted by Gasteiger charge is 2.19. The van der Waals surface area contributed by atoms with Gasteiger partial charge in [0.25, 0.3) is 0 Å². The predicted octanol–water partition coefficient (Wildman–Crippen LogP) is 1.62. The maximum Gasteiger partial charge on any atom is 0.229 e. The number of hydrogen-bond donors (Lipinski definition) is 2. The minimum Gasteiger partial charge on any atom is -0.491 e. The third-order valence-electron chi connectivity index (χ3n) is 4.56. The van der Waals surface area contributed by atoms with Crippen molar-refractivity contribution in [1.29, 1.82) is 0 Å². The van der Waals surface area contributed by atoms with Gasteiger partial charge in [-0.25, -0.2) is 8.42 Å². The third-order valence-corrected chi connectivity index (χ3v) is 5.17. The molecular weight excluding hydrogens is 378 g/mol. The van der Waals surface area contributed by atoms with E-state index in [4.69, 9.17) is 4.74 Å². The molecule has 0 aromatic heterocycles. The summed E-state index contributed by atoms with van der Waals surface area (Å²) in [6.45, 7) is 4.43. The van der Waals surface area contributed by atoms with Crippen LogP contribution in [-0.2, 0) is 10.0 Å². The number of sulfonamides is 1. The van der Waals surface area contributed by atoms with Gasteiger partial charge in [-0.05, 0) is 36.4 Å². The van der Waals surface area contributed by atoms with Gasteiger partial charge >= 0.3 is 0 Å². The van der Waals surface area contributed by atoms with E-state index in [1.165, 1.54) is 5.69 Å². The number of piperazine rings is 1. The fraction of sp³-hybridized carbons (Fsp3) is 0.400. The van der Waals surface area contributed by atoms with Gasteiger partial charge in [0.15, 0.2) is 0 Å². The van der Waals surface area contributed by atoms with Crippen LogP contribution < -0.4 is 14.4 Å². The molecule has 28 heavy (non-hydrogen) atoms. The minimum atomic E-state index is -3.29. The van der Waals surface area contributed by atoms with Crippen molar-refractivity contribution in [2.45, 2.75) is 6.10 Å². The van der Waals surface area contributed by atoms with Gasteiger partial charge in [0.2, 0.25) is 10.0 Å². The zero-order valence-electron chi connectivity index (χ0n) is 16.0. The van der Waals surface area contributed by atoms with Gasteiger partial charge in [-0.15, -0.1) is 0 Å². The second kappa shape index (κ2) is 9.27. The van der Waals surface area contributed by atoms with Crippen LogP contribution in [0.5, 0.6) is 5.75 Å². The van der Waals surface area contributed by atoms with Crippen molar-refractivity contribution in [2.24, 2.45) is 0 Å². The summed E-state index contributed by atoms with van der Waals surface area (Å²) in [6.07, 6.45) is 0.519. The Balaban J connectivity index is 1.39. The molecule has 0 aliphatic carbocycles. The molecule has 1 aliphatic heterocycles. The molecule has 0 bridgehead atoms. The van der Waals surface area contributed by atoms with E-state index in [9.17, 15) is 13.5 Å². The lowest BCUT2D eigenvalue weighted by Crippen LogP contribution is -2.49. The number of benzene rings is 2.